The summed E-state index contributed by atoms with van der Waals surface area (Å²) in [6.07, 6.45) is 1.38. The highest BCUT2D eigenvalue weighted by Crippen LogP contribution is 2.31. The van der Waals surface area contributed by atoms with Crippen molar-refractivity contribution in [2.75, 3.05) is 33.3 Å². The molecule has 2 aromatic carbocycles. The van der Waals surface area contributed by atoms with E-state index >= 15 is 0 Å². The fraction of sp³-hybridized carbons (Fsp3) is 0.440. The molecular weight excluding hydrogens is 428 g/mol. The summed E-state index contributed by atoms with van der Waals surface area (Å²) in [6, 6.07) is 12.7. The fourth-order valence-electron chi connectivity index (χ4n) is 4.00. The summed E-state index contributed by atoms with van der Waals surface area (Å²) in [5.74, 6) is 1.18. The molecule has 7 heteroatoms. The molecule has 6 nitrogen and oxygen atoms in total. The lowest BCUT2D eigenvalue weighted by Gasteiger charge is -2.33. The molecule has 0 N–H and O–H groups in total. The molecule has 1 saturated heterocycles. The molecule has 32 heavy (non-hydrogen) atoms. The number of rotatable bonds is 8. The molecule has 0 spiro atoms. The molecular formula is C25H31ClN2O4. The van der Waals surface area contributed by atoms with Crippen LogP contribution in [-0.4, -0.2) is 54.9 Å². The van der Waals surface area contributed by atoms with Crippen molar-refractivity contribution in [2.45, 2.75) is 33.3 Å². The SMILES string of the molecule is CCN(CC)C(=O)C1CCN(C(=O)c2ccc(OCc3ccccc3Cl)c(OC)c2)CC1. The number of ether oxygens (including phenoxy) is 2. The van der Waals surface area contributed by atoms with E-state index in [-0.39, 0.29) is 17.7 Å². The quantitative estimate of drug-likeness (QED) is 0.577. The lowest BCUT2D eigenvalue weighted by molar-refractivity contribution is -0.136. The van der Waals surface area contributed by atoms with Gasteiger partial charge in [-0.2, -0.15) is 0 Å². The Morgan fingerprint density at radius 3 is 2.38 bits per heavy atom. The van der Waals surface area contributed by atoms with E-state index < -0.39 is 0 Å². The molecule has 2 amide bonds. The van der Waals surface area contributed by atoms with Crippen molar-refractivity contribution in [3.63, 3.8) is 0 Å². The topological polar surface area (TPSA) is 59.1 Å². The van der Waals surface area contributed by atoms with E-state index in [0.717, 1.165) is 18.7 Å². The van der Waals surface area contributed by atoms with Crippen LogP contribution in [0.4, 0.5) is 0 Å². The number of nitrogens with zero attached hydrogens (tertiary/aromatic N) is 2. The summed E-state index contributed by atoms with van der Waals surface area (Å²) < 4.78 is 11.3. The molecule has 0 radical (unpaired) electrons. The van der Waals surface area contributed by atoms with Gasteiger partial charge in [0.15, 0.2) is 11.5 Å². The first-order valence-electron chi connectivity index (χ1n) is 11.1. The maximum absolute atomic E-state index is 13.0. The van der Waals surface area contributed by atoms with Crippen LogP contribution in [-0.2, 0) is 11.4 Å². The molecule has 0 atom stereocenters. The molecule has 1 fully saturated rings. The van der Waals surface area contributed by atoms with Crippen LogP contribution in [0, 0.1) is 5.92 Å². The van der Waals surface area contributed by atoms with Gasteiger partial charge in [-0.25, -0.2) is 0 Å². The van der Waals surface area contributed by atoms with E-state index in [1.165, 1.54) is 0 Å². The van der Waals surface area contributed by atoms with Crippen LogP contribution < -0.4 is 9.47 Å². The van der Waals surface area contributed by atoms with Gasteiger partial charge < -0.3 is 19.3 Å². The Kier molecular flexibility index (Phi) is 8.39. The predicted octanol–water partition coefficient (Wildman–Crippen LogP) is 4.65. The average Bonchev–Trinajstić information content (AvgIpc) is 2.83. The summed E-state index contributed by atoms with van der Waals surface area (Å²) in [7, 11) is 1.55. The third-order valence-corrected chi connectivity index (χ3v) is 6.33. The number of methoxy groups -OCH3 is 1. The monoisotopic (exact) mass is 458 g/mol. The Balaban J connectivity index is 1.62. The molecule has 0 aliphatic carbocycles. The van der Waals surface area contributed by atoms with Gasteiger partial charge in [-0.15, -0.1) is 0 Å². The maximum Gasteiger partial charge on any atom is 0.253 e. The third kappa shape index (κ3) is 5.54. The summed E-state index contributed by atoms with van der Waals surface area (Å²) in [6.45, 7) is 6.88. The van der Waals surface area contributed by atoms with Crippen molar-refractivity contribution in [3.05, 3.63) is 58.6 Å². The van der Waals surface area contributed by atoms with Crippen LogP contribution in [0.1, 0.15) is 42.6 Å². The smallest absolute Gasteiger partial charge is 0.253 e. The zero-order valence-corrected chi connectivity index (χ0v) is 19.7. The molecule has 1 heterocycles. The number of hydrogen-bond acceptors (Lipinski definition) is 4. The molecule has 3 rings (SSSR count). The van der Waals surface area contributed by atoms with Gasteiger partial charge in [-0.3, -0.25) is 9.59 Å². The summed E-state index contributed by atoms with van der Waals surface area (Å²) in [5, 5.41) is 0.640. The Labute approximate surface area is 195 Å². The second-order valence-electron chi connectivity index (χ2n) is 7.82. The third-order valence-electron chi connectivity index (χ3n) is 5.96. The van der Waals surface area contributed by atoms with Crippen molar-refractivity contribution in [3.8, 4) is 11.5 Å². The second-order valence-corrected chi connectivity index (χ2v) is 8.23. The summed E-state index contributed by atoms with van der Waals surface area (Å²) in [4.78, 5) is 29.3. The van der Waals surface area contributed by atoms with Crippen LogP contribution in [0.25, 0.3) is 0 Å². The molecule has 0 unspecified atom stereocenters. The Bertz CT molecular complexity index is 937. The van der Waals surface area contributed by atoms with E-state index in [0.29, 0.717) is 54.6 Å². The molecule has 0 saturated carbocycles. The highest BCUT2D eigenvalue weighted by molar-refractivity contribution is 6.31. The maximum atomic E-state index is 13.0. The summed E-state index contributed by atoms with van der Waals surface area (Å²) in [5.41, 5.74) is 1.42. The van der Waals surface area contributed by atoms with Gasteiger partial charge in [0.25, 0.3) is 5.91 Å². The van der Waals surface area contributed by atoms with Gasteiger partial charge in [0.2, 0.25) is 5.91 Å². The minimum atomic E-state index is -0.0605. The van der Waals surface area contributed by atoms with Gasteiger partial charge in [0.1, 0.15) is 6.61 Å². The average molecular weight is 459 g/mol. The number of halogens is 1. The van der Waals surface area contributed by atoms with Crippen LogP contribution in [0.2, 0.25) is 5.02 Å². The van der Waals surface area contributed by atoms with Crippen molar-refractivity contribution >= 4 is 23.4 Å². The van der Waals surface area contributed by atoms with Gasteiger partial charge in [-0.1, -0.05) is 29.8 Å². The van der Waals surface area contributed by atoms with E-state index in [1.54, 1.807) is 25.3 Å². The van der Waals surface area contributed by atoms with Crippen molar-refractivity contribution < 1.29 is 19.1 Å². The summed E-state index contributed by atoms with van der Waals surface area (Å²) >= 11 is 6.20. The Morgan fingerprint density at radius 2 is 1.75 bits per heavy atom. The van der Waals surface area contributed by atoms with Gasteiger partial charge in [0.05, 0.1) is 7.11 Å². The van der Waals surface area contributed by atoms with Crippen LogP contribution in [0.5, 0.6) is 11.5 Å². The lowest BCUT2D eigenvalue weighted by atomic mass is 9.94. The lowest BCUT2D eigenvalue weighted by Crippen LogP contribution is -2.44. The first kappa shape index (κ1) is 23.9. The Hall–Kier alpha value is -2.73. The van der Waals surface area contributed by atoms with Gasteiger partial charge >= 0.3 is 0 Å². The fourth-order valence-corrected chi connectivity index (χ4v) is 4.19. The van der Waals surface area contributed by atoms with Gasteiger partial charge in [0, 0.05) is 48.2 Å². The minimum Gasteiger partial charge on any atom is -0.493 e. The van der Waals surface area contributed by atoms with E-state index in [2.05, 4.69) is 0 Å². The first-order valence-corrected chi connectivity index (χ1v) is 11.5. The molecule has 2 aromatic rings. The molecule has 1 aliphatic rings. The standard InChI is InChI=1S/C25H31ClN2O4/c1-4-27(5-2)24(29)18-12-14-28(15-13-18)25(30)19-10-11-22(23(16-19)31-3)32-17-20-8-6-7-9-21(20)26/h6-11,16,18H,4-5,12-15,17H2,1-3H3. The second kappa shape index (κ2) is 11.2. The normalized spacial score (nSPS) is 14.2. The van der Waals surface area contributed by atoms with E-state index in [9.17, 15) is 9.59 Å². The van der Waals surface area contributed by atoms with E-state index in [4.69, 9.17) is 21.1 Å². The van der Waals surface area contributed by atoms with Crippen LogP contribution in [0.3, 0.4) is 0 Å². The van der Waals surface area contributed by atoms with Crippen LogP contribution >= 0.6 is 11.6 Å². The van der Waals surface area contributed by atoms with Crippen LogP contribution in [0.15, 0.2) is 42.5 Å². The number of carbonyl (C=O) groups excluding carboxylic acids is 2. The number of carbonyl (C=O) groups is 2. The minimum absolute atomic E-state index is 0.00549. The number of benzene rings is 2. The largest absolute Gasteiger partial charge is 0.493 e. The number of amides is 2. The number of piperidine rings is 1. The molecule has 1 aliphatic heterocycles. The van der Waals surface area contributed by atoms with Gasteiger partial charge in [-0.05, 0) is 51.0 Å². The van der Waals surface area contributed by atoms with Crippen molar-refractivity contribution in [1.29, 1.82) is 0 Å². The van der Waals surface area contributed by atoms with Crippen molar-refractivity contribution in [1.82, 2.24) is 9.80 Å². The number of likely N-dealkylation sites (tertiary alicyclic amines) is 1. The highest BCUT2D eigenvalue weighted by Gasteiger charge is 2.30. The van der Waals surface area contributed by atoms with Crippen molar-refractivity contribution in [2.24, 2.45) is 5.92 Å². The zero-order valence-electron chi connectivity index (χ0n) is 19.0. The number of hydrogen-bond donors (Lipinski definition) is 0. The molecule has 172 valence electrons. The zero-order chi connectivity index (χ0) is 23.1. The molecule has 0 bridgehead atoms. The Morgan fingerprint density at radius 1 is 1.06 bits per heavy atom. The predicted molar refractivity (Wildman–Crippen MR) is 125 cm³/mol. The molecule has 0 aromatic heterocycles. The first-order chi connectivity index (χ1) is 15.5. The van der Waals surface area contributed by atoms with E-state index in [1.807, 2.05) is 47.9 Å². The highest BCUT2D eigenvalue weighted by atomic mass is 35.5.